The van der Waals surface area contributed by atoms with Crippen LogP contribution in [0.15, 0.2) is 24.3 Å². The Morgan fingerprint density at radius 2 is 2.08 bits per heavy atom. The highest BCUT2D eigenvalue weighted by molar-refractivity contribution is 7.09. The van der Waals surface area contributed by atoms with E-state index >= 15 is 0 Å². The Morgan fingerprint density at radius 3 is 2.79 bits per heavy atom. The number of anilines is 1. The van der Waals surface area contributed by atoms with Gasteiger partial charge < -0.3 is 10.2 Å². The predicted octanol–water partition coefficient (Wildman–Crippen LogP) is 3.26. The summed E-state index contributed by atoms with van der Waals surface area (Å²) in [6.45, 7) is 7.82. The molecule has 128 valence electrons. The van der Waals surface area contributed by atoms with Gasteiger partial charge in [-0.15, -0.1) is 0 Å². The lowest BCUT2D eigenvalue weighted by atomic mass is 10.1. The largest absolute Gasteiger partial charge is 0.348 e. The van der Waals surface area contributed by atoms with Crippen LogP contribution in [0.4, 0.5) is 5.13 Å². The maximum atomic E-state index is 12.6. The van der Waals surface area contributed by atoms with E-state index in [0.717, 1.165) is 30.3 Å². The first-order valence-corrected chi connectivity index (χ1v) is 9.22. The molecule has 0 aliphatic carbocycles. The van der Waals surface area contributed by atoms with Gasteiger partial charge >= 0.3 is 0 Å². The highest BCUT2D eigenvalue weighted by Crippen LogP contribution is 2.21. The van der Waals surface area contributed by atoms with Crippen LogP contribution >= 0.6 is 11.5 Å². The van der Waals surface area contributed by atoms with Gasteiger partial charge in [-0.05, 0) is 24.8 Å². The fraction of sp³-hybridized carbons (Fsp3) is 0.500. The van der Waals surface area contributed by atoms with Crippen molar-refractivity contribution in [2.24, 2.45) is 5.92 Å². The summed E-state index contributed by atoms with van der Waals surface area (Å²) < 4.78 is 4.36. The van der Waals surface area contributed by atoms with Crippen molar-refractivity contribution in [2.75, 3.05) is 11.9 Å². The predicted molar refractivity (Wildman–Crippen MR) is 97.1 cm³/mol. The first kappa shape index (κ1) is 16.9. The summed E-state index contributed by atoms with van der Waals surface area (Å²) in [6.07, 6.45) is 1.68. The Morgan fingerprint density at radius 1 is 1.33 bits per heavy atom. The van der Waals surface area contributed by atoms with Gasteiger partial charge in [0.25, 0.3) is 0 Å². The van der Waals surface area contributed by atoms with Crippen LogP contribution in [-0.4, -0.2) is 32.8 Å². The van der Waals surface area contributed by atoms with Crippen molar-refractivity contribution in [3.63, 3.8) is 0 Å². The van der Waals surface area contributed by atoms with Crippen LogP contribution in [0.25, 0.3) is 0 Å². The fourth-order valence-electron chi connectivity index (χ4n) is 2.85. The fourth-order valence-corrected chi connectivity index (χ4v) is 3.50. The average Bonchev–Trinajstić information content (AvgIpc) is 3.10. The zero-order valence-corrected chi connectivity index (χ0v) is 15.3. The lowest BCUT2D eigenvalue weighted by Crippen LogP contribution is -2.33. The average molecular weight is 344 g/mol. The molecule has 5 nitrogen and oxygen atoms in total. The second kappa shape index (κ2) is 7.30. The van der Waals surface area contributed by atoms with E-state index < -0.39 is 0 Å². The summed E-state index contributed by atoms with van der Waals surface area (Å²) in [5, 5.41) is 4.01. The van der Waals surface area contributed by atoms with E-state index in [1.165, 1.54) is 22.7 Å². The Labute approximate surface area is 147 Å². The third-order valence-electron chi connectivity index (χ3n) is 4.15. The second-order valence-corrected chi connectivity index (χ2v) is 7.60. The Kier molecular flexibility index (Phi) is 5.14. The summed E-state index contributed by atoms with van der Waals surface area (Å²) >= 11 is 1.34. The van der Waals surface area contributed by atoms with Crippen molar-refractivity contribution in [2.45, 2.75) is 46.2 Å². The van der Waals surface area contributed by atoms with Crippen LogP contribution in [0.3, 0.4) is 0 Å². The van der Waals surface area contributed by atoms with Crippen LogP contribution in [-0.2, 0) is 17.8 Å². The quantitative estimate of drug-likeness (QED) is 0.874. The lowest BCUT2D eigenvalue weighted by molar-refractivity contribution is -0.128. The van der Waals surface area contributed by atoms with Crippen LogP contribution in [0.2, 0.25) is 0 Å². The summed E-state index contributed by atoms with van der Waals surface area (Å²) in [5.41, 5.74) is 2.41. The number of hydrogen-bond acceptors (Lipinski definition) is 5. The topological polar surface area (TPSA) is 58.1 Å². The highest BCUT2D eigenvalue weighted by Gasteiger charge is 2.32. The summed E-state index contributed by atoms with van der Waals surface area (Å²) in [7, 11) is 0. The number of rotatable bonds is 6. The molecule has 6 heteroatoms. The van der Waals surface area contributed by atoms with Gasteiger partial charge in [-0.3, -0.25) is 4.79 Å². The van der Waals surface area contributed by atoms with Crippen LogP contribution < -0.4 is 5.32 Å². The van der Waals surface area contributed by atoms with Gasteiger partial charge in [-0.2, -0.15) is 4.37 Å². The minimum atomic E-state index is -0.185. The molecule has 1 amide bonds. The van der Waals surface area contributed by atoms with Gasteiger partial charge in [0.2, 0.25) is 11.0 Å². The van der Waals surface area contributed by atoms with E-state index in [4.69, 9.17) is 0 Å². The van der Waals surface area contributed by atoms with Crippen molar-refractivity contribution in [1.29, 1.82) is 0 Å². The molecule has 1 N–H and O–H groups in total. The molecule has 2 heterocycles. The van der Waals surface area contributed by atoms with Crippen molar-refractivity contribution >= 4 is 22.6 Å². The third kappa shape index (κ3) is 4.12. The van der Waals surface area contributed by atoms with Gasteiger partial charge in [0.1, 0.15) is 11.9 Å². The standard InChI is InChI=1S/C18H24N4OS/c1-12(2)10-16-20-18(24-21-16)19-15-8-9-22(17(15)23)11-14-6-4-13(3)5-7-14/h4-7,12,15H,8-11H2,1-3H3,(H,19,20,21). The van der Waals surface area contributed by atoms with Gasteiger partial charge in [0.15, 0.2) is 0 Å². The maximum absolute atomic E-state index is 12.6. The number of nitrogens with zero attached hydrogens (tertiary/aromatic N) is 3. The molecular formula is C18H24N4OS. The first-order valence-electron chi connectivity index (χ1n) is 8.44. The molecule has 1 atom stereocenters. The lowest BCUT2D eigenvalue weighted by Gasteiger charge is -2.17. The van der Waals surface area contributed by atoms with Gasteiger partial charge in [0.05, 0.1) is 0 Å². The van der Waals surface area contributed by atoms with E-state index in [-0.39, 0.29) is 11.9 Å². The van der Waals surface area contributed by atoms with Gasteiger partial charge in [-0.1, -0.05) is 43.7 Å². The Hall–Kier alpha value is -1.95. The molecule has 0 saturated carbocycles. The molecule has 24 heavy (non-hydrogen) atoms. The molecule has 2 aromatic rings. The van der Waals surface area contributed by atoms with Crippen molar-refractivity contribution in [3.05, 3.63) is 41.2 Å². The molecule has 1 fully saturated rings. The third-order valence-corrected chi connectivity index (χ3v) is 4.83. The Bertz CT molecular complexity index is 695. The normalized spacial score (nSPS) is 17.8. The molecule has 0 radical (unpaired) electrons. The summed E-state index contributed by atoms with van der Waals surface area (Å²) in [4.78, 5) is 19.0. The minimum Gasteiger partial charge on any atom is -0.348 e. The molecule has 1 aromatic carbocycles. The molecular weight excluding hydrogens is 320 g/mol. The number of carbonyl (C=O) groups excluding carboxylic acids is 1. The van der Waals surface area contributed by atoms with Crippen molar-refractivity contribution in [1.82, 2.24) is 14.3 Å². The summed E-state index contributed by atoms with van der Waals surface area (Å²) in [6, 6.07) is 8.17. The Balaban J connectivity index is 1.57. The monoisotopic (exact) mass is 344 g/mol. The highest BCUT2D eigenvalue weighted by atomic mass is 32.1. The number of aromatic nitrogens is 2. The number of nitrogens with one attached hydrogen (secondary N) is 1. The maximum Gasteiger partial charge on any atom is 0.245 e. The number of benzene rings is 1. The van der Waals surface area contributed by atoms with E-state index in [2.05, 4.69) is 59.7 Å². The smallest absolute Gasteiger partial charge is 0.245 e. The number of hydrogen-bond donors (Lipinski definition) is 1. The number of carbonyl (C=O) groups is 1. The zero-order chi connectivity index (χ0) is 17.1. The number of likely N-dealkylation sites (tertiary alicyclic amines) is 1. The van der Waals surface area contributed by atoms with Crippen LogP contribution in [0.5, 0.6) is 0 Å². The van der Waals surface area contributed by atoms with Gasteiger partial charge in [0, 0.05) is 31.0 Å². The van der Waals surface area contributed by atoms with Crippen LogP contribution in [0, 0.1) is 12.8 Å². The first-order chi connectivity index (χ1) is 11.5. The molecule has 1 aliphatic rings. The second-order valence-electron chi connectivity index (χ2n) is 6.84. The molecule has 0 spiro atoms. The van der Waals surface area contributed by atoms with E-state index in [1.54, 1.807) is 0 Å². The number of aryl methyl sites for hydroxylation is 1. The van der Waals surface area contributed by atoms with Gasteiger partial charge in [-0.25, -0.2) is 4.98 Å². The minimum absolute atomic E-state index is 0.149. The molecule has 1 aromatic heterocycles. The molecule has 0 bridgehead atoms. The van der Waals surface area contributed by atoms with E-state index in [1.807, 2.05) is 4.90 Å². The molecule has 3 rings (SSSR count). The summed E-state index contributed by atoms with van der Waals surface area (Å²) in [5.74, 6) is 1.54. The molecule has 1 saturated heterocycles. The van der Waals surface area contributed by atoms with E-state index in [9.17, 15) is 4.79 Å². The van der Waals surface area contributed by atoms with E-state index in [0.29, 0.717) is 12.5 Å². The zero-order valence-electron chi connectivity index (χ0n) is 14.5. The van der Waals surface area contributed by atoms with Crippen molar-refractivity contribution < 1.29 is 4.79 Å². The van der Waals surface area contributed by atoms with Crippen molar-refractivity contribution in [3.8, 4) is 0 Å². The number of amides is 1. The van der Waals surface area contributed by atoms with Crippen LogP contribution in [0.1, 0.15) is 37.2 Å². The SMILES string of the molecule is Cc1ccc(CN2CCC(Nc3nc(CC(C)C)ns3)C2=O)cc1. The molecule has 1 aliphatic heterocycles. The molecule has 1 unspecified atom stereocenters.